The highest BCUT2D eigenvalue weighted by Crippen LogP contribution is 2.14. The standard InChI is InChI=1S/C11H15N3O/c1-2-9(7-13-8-15)5-10-3-4-14-11(12)6-10/h2-5,8,10H,1,6-7H2,(H2,12,14)(H,13,15)/b9-5+. The first kappa shape index (κ1) is 11.2. The van der Waals surface area contributed by atoms with Crippen LogP contribution in [-0.4, -0.2) is 18.8 Å². The molecular formula is C11H15N3O. The Balaban J connectivity index is 2.59. The van der Waals surface area contributed by atoms with Gasteiger partial charge in [-0.1, -0.05) is 24.8 Å². The number of carbonyl (C=O) groups is 1. The van der Waals surface area contributed by atoms with Crippen LogP contribution < -0.4 is 11.1 Å². The van der Waals surface area contributed by atoms with Gasteiger partial charge in [0.1, 0.15) is 0 Å². The molecule has 0 aromatic rings. The topological polar surface area (TPSA) is 67.5 Å². The first-order chi connectivity index (χ1) is 7.26. The van der Waals surface area contributed by atoms with E-state index in [0.717, 1.165) is 12.0 Å². The number of nitrogens with two attached hydrogens (primary N) is 1. The molecule has 1 rings (SSSR count). The smallest absolute Gasteiger partial charge is 0.207 e. The molecule has 0 saturated carbocycles. The molecule has 0 aromatic carbocycles. The average Bonchev–Trinajstić information content (AvgIpc) is 2.24. The summed E-state index contributed by atoms with van der Waals surface area (Å²) in [5.74, 6) is 0.870. The summed E-state index contributed by atoms with van der Waals surface area (Å²) >= 11 is 0. The van der Waals surface area contributed by atoms with Gasteiger partial charge < -0.3 is 11.1 Å². The minimum Gasteiger partial charge on any atom is -0.387 e. The van der Waals surface area contributed by atoms with Crippen LogP contribution in [0.1, 0.15) is 6.42 Å². The Morgan fingerprint density at radius 1 is 1.80 bits per heavy atom. The molecule has 1 amide bonds. The van der Waals surface area contributed by atoms with E-state index in [4.69, 9.17) is 5.73 Å². The number of allylic oxidation sites excluding steroid dienone is 2. The summed E-state index contributed by atoms with van der Waals surface area (Å²) in [6.45, 7) is 4.18. The van der Waals surface area contributed by atoms with Crippen molar-refractivity contribution >= 4 is 12.2 Å². The normalized spacial score (nSPS) is 20.7. The van der Waals surface area contributed by atoms with Gasteiger partial charge in [-0.3, -0.25) is 4.79 Å². The molecule has 80 valence electrons. The molecular weight excluding hydrogens is 190 g/mol. The molecule has 4 heteroatoms. The Hall–Kier alpha value is -1.84. The van der Waals surface area contributed by atoms with Crippen LogP contribution in [0.2, 0.25) is 0 Å². The van der Waals surface area contributed by atoms with Gasteiger partial charge in [0.15, 0.2) is 0 Å². The van der Waals surface area contributed by atoms with E-state index >= 15 is 0 Å². The number of amides is 1. The average molecular weight is 205 g/mol. The monoisotopic (exact) mass is 205 g/mol. The number of amidine groups is 1. The minimum absolute atomic E-state index is 0.240. The van der Waals surface area contributed by atoms with Gasteiger partial charge in [-0.15, -0.1) is 0 Å². The van der Waals surface area contributed by atoms with Crippen molar-refractivity contribution in [1.82, 2.24) is 5.32 Å². The fourth-order valence-electron chi connectivity index (χ4n) is 1.36. The van der Waals surface area contributed by atoms with Gasteiger partial charge in [0.2, 0.25) is 6.41 Å². The molecule has 1 unspecified atom stereocenters. The SMILES string of the molecule is C=C/C(=C\C1C=CN=C(N)C1)CNC=O. The second-order valence-electron chi connectivity index (χ2n) is 3.27. The summed E-state index contributed by atoms with van der Waals surface area (Å²) in [4.78, 5) is 14.1. The highest BCUT2D eigenvalue weighted by molar-refractivity contribution is 5.82. The lowest BCUT2D eigenvalue weighted by atomic mass is 9.99. The second kappa shape index (κ2) is 5.80. The first-order valence-electron chi connectivity index (χ1n) is 4.75. The Labute approximate surface area is 89.3 Å². The second-order valence-corrected chi connectivity index (χ2v) is 3.27. The maximum Gasteiger partial charge on any atom is 0.207 e. The lowest BCUT2D eigenvalue weighted by Gasteiger charge is -2.12. The van der Waals surface area contributed by atoms with E-state index in [2.05, 4.69) is 16.9 Å². The molecule has 0 bridgehead atoms. The van der Waals surface area contributed by atoms with Crippen LogP contribution >= 0.6 is 0 Å². The molecule has 1 aliphatic rings. The molecule has 3 N–H and O–H groups in total. The lowest BCUT2D eigenvalue weighted by Crippen LogP contribution is -2.18. The highest BCUT2D eigenvalue weighted by Gasteiger charge is 2.08. The Morgan fingerprint density at radius 3 is 3.20 bits per heavy atom. The van der Waals surface area contributed by atoms with E-state index in [0.29, 0.717) is 18.8 Å². The van der Waals surface area contributed by atoms with E-state index < -0.39 is 0 Å². The zero-order chi connectivity index (χ0) is 11.1. The molecule has 1 atom stereocenters. The van der Waals surface area contributed by atoms with Crippen molar-refractivity contribution in [2.45, 2.75) is 6.42 Å². The number of aliphatic imine (C=N–C) groups is 1. The van der Waals surface area contributed by atoms with Gasteiger partial charge in [-0.05, 0) is 5.57 Å². The predicted octanol–water partition coefficient (Wildman–Crippen LogP) is 0.736. The quantitative estimate of drug-likeness (QED) is 0.513. The minimum atomic E-state index is 0.240. The van der Waals surface area contributed by atoms with Gasteiger partial charge in [-0.25, -0.2) is 4.99 Å². The van der Waals surface area contributed by atoms with E-state index in [-0.39, 0.29) is 5.92 Å². The van der Waals surface area contributed by atoms with Crippen LogP contribution in [0.25, 0.3) is 0 Å². The molecule has 0 fully saturated rings. The molecule has 15 heavy (non-hydrogen) atoms. The van der Waals surface area contributed by atoms with Crippen LogP contribution in [0.5, 0.6) is 0 Å². The third kappa shape index (κ3) is 3.81. The molecule has 0 saturated heterocycles. The van der Waals surface area contributed by atoms with Crippen molar-refractivity contribution in [3.8, 4) is 0 Å². The summed E-state index contributed by atoms with van der Waals surface area (Å²) in [5.41, 5.74) is 6.59. The largest absolute Gasteiger partial charge is 0.387 e. The molecule has 0 aliphatic carbocycles. The van der Waals surface area contributed by atoms with Gasteiger partial charge >= 0.3 is 0 Å². The van der Waals surface area contributed by atoms with Crippen molar-refractivity contribution in [3.05, 3.63) is 36.6 Å². The predicted molar refractivity (Wildman–Crippen MR) is 61.2 cm³/mol. The van der Waals surface area contributed by atoms with Crippen molar-refractivity contribution in [1.29, 1.82) is 0 Å². The third-order valence-electron chi connectivity index (χ3n) is 2.10. The summed E-state index contributed by atoms with van der Waals surface area (Å²) in [7, 11) is 0. The van der Waals surface area contributed by atoms with Crippen molar-refractivity contribution in [2.75, 3.05) is 6.54 Å². The van der Waals surface area contributed by atoms with Crippen molar-refractivity contribution in [2.24, 2.45) is 16.6 Å². The molecule has 1 aliphatic heterocycles. The van der Waals surface area contributed by atoms with E-state index in [1.165, 1.54) is 0 Å². The number of hydrogen-bond donors (Lipinski definition) is 2. The Morgan fingerprint density at radius 2 is 2.60 bits per heavy atom. The van der Waals surface area contributed by atoms with Gasteiger partial charge in [0.25, 0.3) is 0 Å². The number of nitrogens with one attached hydrogen (secondary N) is 1. The zero-order valence-corrected chi connectivity index (χ0v) is 8.52. The Kier molecular flexibility index (Phi) is 4.34. The molecule has 1 heterocycles. The van der Waals surface area contributed by atoms with Crippen molar-refractivity contribution < 1.29 is 4.79 Å². The lowest BCUT2D eigenvalue weighted by molar-refractivity contribution is -0.109. The van der Waals surface area contributed by atoms with Crippen molar-refractivity contribution in [3.63, 3.8) is 0 Å². The summed E-state index contributed by atoms with van der Waals surface area (Å²) in [5, 5.41) is 2.59. The van der Waals surface area contributed by atoms with Crippen LogP contribution in [0.15, 0.2) is 41.6 Å². The van der Waals surface area contributed by atoms with Crippen LogP contribution in [0, 0.1) is 5.92 Å². The van der Waals surface area contributed by atoms with Crippen LogP contribution in [0.3, 0.4) is 0 Å². The maximum absolute atomic E-state index is 10.1. The first-order valence-corrected chi connectivity index (χ1v) is 4.75. The zero-order valence-electron chi connectivity index (χ0n) is 8.52. The number of nitrogens with zero attached hydrogens (tertiary/aromatic N) is 1. The van der Waals surface area contributed by atoms with E-state index in [1.807, 2.05) is 12.2 Å². The van der Waals surface area contributed by atoms with Gasteiger partial charge in [0.05, 0.1) is 5.84 Å². The molecule has 0 spiro atoms. The molecule has 0 radical (unpaired) electrons. The molecule has 4 nitrogen and oxygen atoms in total. The number of carbonyl (C=O) groups excluding carboxylic acids is 1. The maximum atomic E-state index is 10.1. The van der Waals surface area contributed by atoms with Crippen LogP contribution in [-0.2, 0) is 4.79 Å². The molecule has 0 aromatic heterocycles. The number of hydrogen-bond acceptors (Lipinski definition) is 3. The summed E-state index contributed by atoms with van der Waals surface area (Å²) in [6.07, 6.45) is 8.82. The third-order valence-corrected chi connectivity index (χ3v) is 2.10. The van der Waals surface area contributed by atoms with Gasteiger partial charge in [-0.2, -0.15) is 0 Å². The fraction of sp³-hybridized carbons (Fsp3) is 0.273. The summed E-state index contributed by atoms with van der Waals surface area (Å²) in [6, 6.07) is 0. The highest BCUT2D eigenvalue weighted by atomic mass is 16.1. The van der Waals surface area contributed by atoms with Gasteiger partial charge in [0, 0.05) is 25.1 Å². The van der Waals surface area contributed by atoms with E-state index in [1.54, 1.807) is 12.3 Å². The Bertz CT molecular complexity index is 329. The van der Waals surface area contributed by atoms with Crippen LogP contribution in [0.4, 0.5) is 0 Å². The van der Waals surface area contributed by atoms with E-state index in [9.17, 15) is 4.79 Å². The summed E-state index contributed by atoms with van der Waals surface area (Å²) < 4.78 is 0. The number of rotatable bonds is 5. The fourth-order valence-corrected chi connectivity index (χ4v) is 1.36.